The van der Waals surface area contributed by atoms with E-state index in [1.165, 1.54) is 11.1 Å². The molecule has 0 fully saturated rings. The van der Waals surface area contributed by atoms with E-state index in [1.54, 1.807) is 0 Å². The fourth-order valence-corrected chi connectivity index (χ4v) is 1.61. The van der Waals surface area contributed by atoms with E-state index in [0.717, 1.165) is 19.4 Å². The van der Waals surface area contributed by atoms with E-state index in [9.17, 15) is 4.79 Å². The molecule has 3 nitrogen and oxygen atoms in total. The van der Waals surface area contributed by atoms with Gasteiger partial charge in [0.15, 0.2) is 0 Å². The number of rotatable bonds is 7. The number of amides is 1. The van der Waals surface area contributed by atoms with Crippen molar-refractivity contribution in [3.8, 4) is 0 Å². The minimum Gasteiger partial charge on any atom is -0.356 e. The van der Waals surface area contributed by atoms with E-state index in [2.05, 4.69) is 41.8 Å². The first kappa shape index (κ1) is 13.7. The van der Waals surface area contributed by atoms with Crippen LogP contribution in [0, 0.1) is 0 Å². The normalized spacial score (nSPS) is 10.2. The van der Waals surface area contributed by atoms with Crippen molar-refractivity contribution in [2.75, 3.05) is 20.1 Å². The molecule has 0 aliphatic heterocycles. The van der Waals surface area contributed by atoms with Crippen LogP contribution in [0.2, 0.25) is 0 Å². The van der Waals surface area contributed by atoms with Crippen molar-refractivity contribution in [1.82, 2.24) is 10.6 Å². The highest BCUT2D eigenvalue weighted by Crippen LogP contribution is 2.05. The molecule has 1 rings (SSSR count). The lowest BCUT2D eigenvalue weighted by Crippen LogP contribution is -2.28. The molecule has 0 aliphatic carbocycles. The van der Waals surface area contributed by atoms with Gasteiger partial charge in [0.25, 0.3) is 0 Å². The van der Waals surface area contributed by atoms with Crippen LogP contribution in [-0.4, -0.2) is 26.0 Å². The molecule has 0 atom stereocenters. The molecule has 0 bridgehead atoms. The molecule has 1 amide bonds. The molecule has 3 heteroatoms. The van der Waals surface area contributed by atoms with Crippen molar-refractivity contribution in [3.63, 3.8) is 0 Å². The predicted molar refractivity (Wildman–Crippen MR) is 71.1 cm³/mol. The molecule has 0 radical (unpaired) electrons. The van der Waals surface area contributed by atoms with Crippen LogP contribution < -0.4 is 10.6 Å². The molecule has 0 unspecified atom stereocenters. The van der Waals surface area contributed by atoms with Crippen LogP contribution in [-0.2, 0) is 17.6 Å². The van der Waals surface area contributed by atoms with Crippen LogP contribution in [0.4, 0.5) is 0 Å². The lowest BCUT2D eigenvalue weighted by molar-refractivity contribution is -0.120. The van der Waals surface area contributed by atoms with Crippen molar-refractivity contribution >= 4 is 5.91 Å². The highest BCUT2D eigenvalue weighted by Gasteiger charge is 1.99. The fourth-order valence-electron chi connectivity index (χ4n) is 1.61. The van der Waals surface area contributed by atoms with E-state index in [0.29, 0.717) is 13.0 Å². The van der Waals surface area contributed by atoms with E-state index in [1.807, 2.05) is 7.05 Å². The van der Waals surface area contributed by atoms with Crippen LogP contribution >= 0.6 is 0 Å². The number of aryl methyl sites for hydroxylation is 1. The van der Waals surface area contributed by atoms with E-state index in [-0.39, 0.29) is 5.91 Å². The monoisotopic (exact) mass is 234 g/mol. The molecule has 2 N–H and O–H groups in total. The van der Waals surface area contributed by atoms with E-state index < -0.39 is 0 Å². The lowest BCUT2D eigenvalue weighted by Gasteiger charge is -2.05. The maximum absolute atomic E-state index is 11.3. The predicted octanol–water partition coefficient (Wildman–Crippen LogP) is 1.52. The fraction of sp³-hybridized carbons (Fsp3) is 0.500. The number of nitrogens with one attached hydrogen (secondary N) is 2. The molecule has 0 aromatic heterocycles. The Balaban J connectivity index is 2.23. The second-order valence-electron chi connectivity index (χ2n) is 4.12. The summed E-state index contributed by atoms with van der Waals surface area (Å²) in [6.45, 7) is 3.60. The second kappa shape index (κ2) is 7.85. The van der Waals surface area contributed by atoms with Crippen LogP contribution in [0.5, 0.6) is 0 Å². The minimum absolute atomic E-state index is 0.115. The zero-order chi connectivity index (χ0) is 12.5. The SMILES string of the molecule is CCc1ccc(CCNC(=O)CCNC)cc1. The maximum Gasteiger partial charge on any atom is 0.221 e. The highest BCUT2D eigenvalue weighted by molar-refractivity contribution is 5.76. The van der Waals surface area contributed by atoms with Crippen molar-refractivity contribution in [1.29, 1.82) is 0 Å². The lowest BCUT2D eigenvalue weighted by atomic mass is 10.1. The number of carbonyl (C=O) groups excluding carboxylic acids is 1. The van der Waals surface area contributed by atoms with E-state index >= 15 is 0 Å². The van der Waals surface area contributed by atoms with Crippen LogP contribution in [0.3, 0.4) is 0 Å². The zero-order valence-electron chi connectivity index (χ0n) is 10.8. The molecule has 0 heterocycles. The third-order valence-corrected chi connectivity index (χ3v) is 2.77. The van der Waals surface area contributed by atoms with Crippen molar-refractivity contribution in [2.45, 2.75) is 26.2 Å². The number of hydrogen-bond acceptors (Lipinski definition) is 2. The number of carbonyl (C=O) groups is 1. The molecule has 1 aromatic carbocycles. The van der Waals surface area contributed by atoms with Gasteiger partial charge in [-0.1, -0.05) is 31.2 Å². The molecule has 0 spiro atoms. The van der Waals surface area contributed by atoms with E-state index in [4.69, 9.17) is 0 Å². The second-order valence-corrected chi connectivity index (χ2v) is 4.12. The maximum atomic E-state index is 11.3. The van der Waals surface area contributed by atoms with Gasteiger partial charge in [0.2, 0.25) is 5.91 Å². The van der Waals surface area contributed by atoms with Gasteiger partial charge in [-0.15, -0.1) is 0 Å². The molecule has 0 saturated carbocycles. The first-order valence-corrected chi connectivity index (χ1v) is 6.25. The average Bonchev–Trinajstić information content (AvgIpc) is 2.37. The summed E-state index contributed by atoms with van der Waals surface area (Å²) in [6, 6.07) is 8.58. The summed E-state index contributed by atoms with van der Waals surface area (Å²) in [7, 11) is 1.85. The van der Waals surface area contributed by atoms with Crippen LogP contribution in [0.25, 0.3) is 0 Å². The van der Waals surface area contributed by atoms with Gasteiger partial charge < -0.3 is 10.6 Å². The van der Waals surface area contributed by atoms with Crippen LogP contribution in [0.15, 0.2) is 24.3 Å². The summed E-state index contributed by atoms with van der Waals surface area (Å²) in [5.41, 5.74) is 2.63. The summed E-state index contributed by atoms with van der Waals surface area (Å²) in [5, 5.41) is 5.87. The minimum atomic E-state index is 0.115. The standard InChI is InChI=1S/C14H22N2O/c1-3-12-4-6-13(7-5-12)8-11-16-14(17)9-10-15-2/h4-7,15H,3,8-11H2,1-2H3,(H,16,17). The van der Waals surface area contributed by atoms with Gasteiger partial charge in [0.05, 0.1) is 0 Å². The summed E-state index contributed by atoms with van der Waals surface area (Å²) in [5.74, 6) is 0.115. The Bertz CT molecular complexity index is 333. The van der Waals surface area contributed by atoms with Gasteiger partial charge in [-0.05, 0) is 31.0 Å². The van der Waals surface area contributed by atoms with Gasteiger partial charge in [0.1, 0.15) is 0 Å². The summed E-state index contributed by atoms with van der Waals surface area (Å²) < 4.78 is 0. The third kappa shape index (κ3) is 5.50. The molecule has 17 heavy (non-hydrogen) atoms. The van der Waals surface area contributed by atoms with Crippen molar-refractivity contribution < 1.29 is 4.79 Å². The zero-order valence-corrected chi connectivity index (χ0v) is 10.8. The first-order valence-electron chi connectivity index (χ1n) is 6.25. The Kier molecular flexibility index (Phi) is 6.33. The smallest absolute Gasteiger partial charge is 0.221 e. The van der Waals surface area contributed by atoms with Gasteiger partial charge >= 0.3 is 0 Å². The van der Waals surface area contributed by atoms with Crippen molar-refractivity contribution in [2.24, 2.45) is 0 Å². The number of hydrogen-bond donors (Lipinski definition) is 2. The molecular weight excluding hydrogens is 212 g/mol. The Hall–Kier alpha value is -1.35. The van der Waals surface area contributed by atoms with Crippen LogP contribution in [0.1, 0.15) is 24.5 Å². The Labute approximate surface area is 104 Å². The first-order chi connectivity index (χ1) is 8.26. The summed E-state index contributed by atoms with van der Waals surface area (Å²) >= 11 is 0. The Morgan fingerprint density at radius 2 is 1.76 bits per heavy atom. The Morgan fingerprint density at radius 3 is 2.35 bits per heavy atom. The topological polar surface area (TPSA) is 41.1 Å². The van der Waals surface area contributed by atoms with Gasteiger partial charge in [-0.25, -0.2) is 0 Å². The van der Waals surface area contributed by atoms with Gasteiger partial charge in [-0.3, -0.25) is 4.79 Å². The average molecular weight is 234 g/mol. The third-order valence-electron chi connectivity index (χ3n) is 2.77. The molecule has 0 aliphatic rings. The molecule has 94 valence electrons. The summed E-state index contributed by atoms with van der Waals surface area (Å²) in [4.78, 5) is 11.3. The van der Waals surface area contributed by atoms with Gasteiger partial charge in [-0.2, -0.15) is 0 Å². The molecule has 1 aromatic rings. The largest absolute Gasteiger partial charge is 0.356 e. The number of benzene rings is 1. The van der Waals surface area contributed by atoms with Gasteiger partial charge in [0, 0.05) is 19.5 Å². The summed E-state index contributed by atoms with van der Waals surface area (Å²) in [6.07, 6.45) is 2.52. The van der Waals surface area contributed by atoms with Crippen molar-refractivity contribution in [3.05, 3.63) is 35.4 Å². The molecular formula is C14H22N2O. The highest BCUT2D eigenvalue weighted by atomic mass is 16.1. The Morgan fingerprint density at radius 1 is 1.12 bits per heavy atom. The molecule has 0 saturated heterocycles. The quantitative estimate of drug-likeness (QED) is 0.751.